The Morgan fingerprint density at radius 1 is 1.07 bits per heavy atom. The van der Waals surface area contributed by atoms with Gasteiger partial charge in [-0.25, -0.2) is 4.39 Å². The molecule has 0 spiro atoms. The number of hydrogen-bond donors (Lipinski definition) is 1. The number of para-hydroxylation sites is 1. The zero-order valence-corrected chi connectivity index (χ0v) is 16.0. The molecule has 0 saturated heterocycles. The van der Waals surface area contributed by atoms with Gasteiger partial charge in [0.1, 0.15) is 23.9 Å². The Kier molecular flexibility index (Phi) is 5.61. The van der Waals surface area contributed by atoms with E-state index >= 15 is 0 Å². The third-order valence-electron chi connectivity index (χ3n) is 4.61. The minimum Gasteiger partial charge on any atom is -0.492 e. The molecule has 0 unspecified atom stereocenters. The highest BCUT2D eigenvalue weighted by Crippen LogP contribution is 2.34. The lowest BCUT2D eigenvalue weighted by Gasteiger charge is -2.29. The van der Waals surface area contributed by atoms with Gasteiger partial charge in [-0.3, -0.25) is 9.59 Å². The van der Waals surface area contributed by atoms with Crippen molar-refractivity contribution in [1.29, 1.82) is 0 Å². The quantitative estimate of drug-likeness (QED) is 0.675. The maximum atomic E-state index is 13.9. The van der Waals surface area contributed by atoms with Crippen molar-refractivity contribution in [2.75, 3.05) is 30.0 Å². The van der Waals surface area contributed by atoms with Gasteiger partial charge in [0.25, 0.3) is 11.8 Å². The summed E-state index contributed by atoms with van der Waals surface area (Å²) in [5.74, 6) is -0.152. The van der Waals surface area contributed by atoms with Crippen LogP contribution < -0.4 is 19.7 Å². The maximum Gasteiger partial charge on any atom is 0.265 e. The highest BCUT2D eigenvalue weighted by molar-refractivity contribution is 6.05. The van der Waals surface area contributed by atoms with Gasteiger partial charge in [0.15, 0.2) is 6.61 Å². The number of fused-ring (bicyclic) bond motifs is 1. The van der Waals surface area contributed by atoms with Gasteiger partial charge in [-0.1, -0.05) is 30.3 Å². The summed E-state index contributed by atoms with van der Waals surface area (Å²) in [5.41, 5.74) is 0.888. The summed E-state index contributed by atoms with van der Waals surface area (Å²) in [5, 5.41) is 2.66. The number of rotatable bonds is 6. The van der Waals surface area contributed by atoms with Gasteiger partial charge < -0.3 is 19.7 Å². The molecule has 3 aromatic carbocycles. The molecule has 1 heterocycles. The summed E-state index contributed by atoms with van der Waals surface area (Å²) in [6.45, 7) is 0.537. The van der Waals surface area contributed by atoms with Crippen LogP contribution in [0.15, 0.2) is 72.8 Å². The van der Waals surface area contributed by atoms with Crippen LogP contribution in [0.25, 0.3) is 0 Å². The average molecular weight is 406 g/mol. The summed E-state index contributed by atoms with van der Waals surface area (Å²) < 4.78 is 25.0. The number of ether oxygens (including phenoxy) is 2. The van der Waals surface area contributed by atoms with E-state index in [0.717, 1.165) is 0 Å². The number of nitrogens with zero attached hydrogens (tertiary/aromatic N) is 1. The molecule has 0 fully saturated rings. The Balaban J connectivity index is 1.50. The number of nitrogens with one attached hydrogen (secondary N) is 1. The molecule has 0 aromatic heterocycles. The van der Waals surface area contributed by atoms with Crippen LogP contribution in [0.1, 0.15) is 10.4 Å². The largest absolute Gasteiger partial charge is 0.492 e. The molecule has 0 aliphatic carbocycles. The van der Waals surface area contributed by atoms with Crippen molar-refractivity contribution >= 4 is 23.2 Å². The van der Waals surface area contributed by atoms with E-state index in [0.29, 0.717) is 36.0 Å². The zero-order chi connectivity index (χ0) is 20.9. The van der Waals surface area contributed by atoms with E-state index in [1.807, 2.05) is 30.3 Å². The van der Waals surface area contributed by atoms with Crippen molar-refractivity contribution in [2.24, 2.45) is 0 Å². The third-order valence-corrected chi connectivity index (χ3v) is 4.61. The Morgan fingerprint density at radius 3 is 2.63 bits per heavy atom. The lowest BCUT2D eigenvalue weighted by molar-refractivity contribution is -0.121. The van der Waals surface area contributed by atoms with Crippen molar-refractivity contribution in [1.82, 2.24) is 0 Å². The second-order valence-electron chi connectivity index (χ2n) is 6.61. The van der Waals surface area contributed by atoms with E-state index < -0.39 is 11.7 Å². The average Bonchev–Trinajstić information content (AvgIpc) is 2.76. The Hall–Kier alpha value is -3.87. The van der Waals surface area contributed by atoms with Gasteiger partial charge in [-0.15, -0.1) is 0 Å². The minimum atomic E-state index is -0.605. The van der Waals surface area contributed by atoms with Crippen LogP contribution in [-0.2, 0) is 4.79 Å². The molecule has 152 valence electrons. The third kappa shape index (κ3) is 4.25. The maximum absolute atomic E-state index is 13.9. The molecule has 1 aliphatic heterocycles. The van der Waals surface area contributed by atoms with Crippen LogP contribution >= 0.6 is 0 Å². The molecule has 6 nitrogen and oxygen atoms in total. The summed E-state index contributed by atoms with van der Waals surface area (Å²) in [4.78, 5) is 26.4. The fraction of sp³-hybridized carbons (Fsp3) is 0.130. The molecule has 0 saturated carbocycles. The number of anilines is 2. The van der Waals surface area contributed by atoms with Gasteiger partial charge in [-0.2, -0.15) is 0 Å². The highest BCUT2D eigenvalue weighted by Gasteiger charge is 2.26. The number of carbonyl (C=O) groups excluding carboxylic acids is 2. The fourth-order valence-electron chi connectivity index (χ4n) is 3.14. The van der Waals surface area contributed by atoms with Crippen LogP contribution in [0.4, 0.5) is 15.8 Å². The first kappa shape index (κ1) is 19.4. The Labute approximate surface area is 172 Å². The van der Waals surface area contributed by atoms with E-state index in [9.17, 15) is 14.0 Å². The van der Waals surface area contributed by atoms with Crippen LogP contribution in [0, 0.1) is 5.82 Å². The molecule has 30 heavy (non-hydrogen) atoms. The van der Waals surface area contributed by atoms with Crippen molar-refractivity contribution in [3.8, 4) is 11.5 Å². The number of benzene rings is 3. The van der Waals surface area contributed by atoms with Crippen LogP contribution in [0.2, 0.25) is 0 Å². The number of halogens is 1. The second kappa shape index (κ2) is 8.65. The topological polar surface area (TPSA) is 67.9 Å². The number of amides is 2. The van der Waals surface area contributed by atoms with Gasteiger partial charge in [-0.05, 0) is 42.5 Å². The predicted octanol–water partition coefficient (Wildman–Crippen LogP) is 3.88. The van der Waals surface area contributed by atoms with E-state index in [4.69, 9.17) is 9.47 Å². The molecule has 0 radical (unpaired) electrons. The van der Waals surface area contributed by atoms with E-state index in [1.54, 1.807) is 29.2 Å². The molecule has 3 aromatic rings. The Bertz CT molecular complexity index is 1070. The SMILES string of the molecule is O=C(Nc1ccc2c(c1)N(CCOc1ccccc1)C(=O)CO2)c1ccccc1F. The summed E-state index contributed by atoms with van der Waals surface area (Å²) in [6.07, 6.45) is 0. The number of hydrogen-bond acceptors (Lipinski definition) is 4. The Morgan fingerprint density at radius 2 is 1.83 bits per heavy atom. The standard InChI is InChI=1S/C23H19FN2O4/c24-19-9-5-4-8-18(19)23(28)25-16-10-11-21-20(14-16)26(22(27)15-30-21)12-13-29-17-6-2-1-3-7-17/h1-11,14H,12-13,15H2,(H,25,28). The first-order valence-electron chi connectivity index (χ1n) is 9.43. The summed E-state index contributed by atoms with van der Waals surface area (Å²) in [7, 11) is 0. The molecular weight excluding hydrogens is 387 g/mol. The summed E-state index contributed by atoms with van der Waals surface area (Å²) in [6, 6.07) is 20.0. The van der Waals surface area contributed by atoms with Gasteiger partial charge in [0.05, 0.1) is 17.8 Å². The minimum absolute atomic E-state index is 0.0596. The van der Waals surface area contributed by atoms with Crippen molar-refractivity contribution in [3.63, 3.8) is 0 Å². The van der Waals surface area contributed by atoms with Gasteiger partial charge in [0.2, 0.25) is 0 Å². The second-order valence-corrected chi connectivity index (χ2v) is 6.61. The predicted molar refractivity (Wildman–Crippen MR) is 111 cm³/mol. The van der Waals surface area contributed by atoms with E-state index in [1.165, 1.54) is 18.2 Å². The van der Waals surface area contributed by atoms with Crippen molar-refractivity contribution < 1.29 is 23.5 Å². The lowest BCUT2D eigenvalue weighted by atomic mass is 10.1. The zero-order valence-electron chi connectivity index (χ0n) is 16.0. The molecule has 0 atom stereocenters. The van der Waals surface area contributed by atoms with Crippen LogP contribution in [0.5, 0.6) is 11.5 Å². The van der Waals surface area contributed by atoms with Gasteiger partial charge in [0, 0.05) is 5.69 Å². The lowest BCUT2D eigenvalue weighted by Crippen LogP contribution is -2.41. The first-order valence-corrected chi connectivity index (χ1v) is 9.43. The fourth-order valence-corrected chi connectivity index (χ4v) is 3.14. The monoisotopic (exact) mass is 406 g/mol. The van der Waals surface area contributed by atoms with Crippen molar-refractivity contribution in [2.45, 2.75) is 0 Å². The van der Waals surface area contributed by atoms with E-state index in [2.05, 4.69) is 5.32 Å². The van der Waals surface area contributed by atoms with Gasteiger partial charge >= 0.3 is 0 Å². The normalized spacial score (nSPS) is 12.7. The summed E-state index contributed by atoms with van der Waals surface area (Å²) >= 11 is 0. The molecule has 0 bridgehead atoms. The van der Waals surface area contributed by atoms with Crippen LogP contribution in [0.3, 0.4) is 0 Å². The molecule has 1 N–H and O–H groups in total. The van der Waals surface area contributed by atoms with Crippen LogP contribution in [-0.4, -0.2) is 31.6 Å². The van der Waals surface area contributed by atoms with Crippen molar-refractivity contribution in [3.05, 3.63) is 84.2 Å². The number of carbonyl (C=O) groups is 2. The smallest absolute Gasteiger partial charge is 0.265 e. The molecule has 7 heteroatoms. The molecular formula is C23H19FN2O4. The molecule has 2 amide bonds. The van der Waals surface area contributed by atoms with E-state index in [-0.39, 0.29) is 18.1 Å². The first-order chi connectivity index (χ1) is 14.6. The molecule has 1 aliphatic rings. The highest BCUT2D eigenvalue weighted by atomic mass is 19.1. The molecule has 4 rings (SSSR count).